The number of anilines is 1. The van der Waals surface area contributed by atoms with Crippen molar-refractivity contribution in [3.8, 4) is 33.6 Å². The van der Waals surface area contributed by atoms with Gasteiger partial charge in [-0.25, -0.2) is 14.8 Å². The van der Waals surface area contributed by atoms with E-state index in [9.17, 15) is 19.8 Å². The molecule has 0 radical (unpaired) electrons. The molecule has 1 saturated heterocycles. The van der Waals surface area contributed by atoms with Gasteiger partial charge in [0.1, 0.15) is 17.7 Å². The predicted octanol–water partition coefficient (Wildman–Crippen LogP) is 4.74. The van der Waals surface area contributed by atoms with Gasteiger partial charge in [-0.05, 0) is 52.6 Å². The summed E-state index contributed by atoms with van der Waals surface area (Å²) in [7, 11) is 0. The lowest BCUT2D eigenvalue weighted by Crippen LogP contribution is -2.48. The number of nitrogens with one attached hydrogen (secondary N) is 4. The number of para-hydroxylation sites is 1. The molecule has 2 aromatic heterocycles. The van der Waals surface area contributed by atoms with Crippen molar-refractivity contribution < 1.29 is 19.8 Å². The Morgan fingerprint density at radius 1 is 0.848 bits per heavy atom. The van der Waals surface area contributed by atoms with Gasteiger partial charge in [0.25, 0.3) is 0 Å². The molecule has 0 unspecified atom stereocenters. The van der Waals surface area contributed by atoms with E-state index in [1.807, 2.05) is 24.4 Å². The molecule has 3 aromatic carbocycles. The third kappa shape index (κ3) is 5.03. The molecule has 46 heavy (non-hydrogen) atoms. The fourth-order valence-electron chi connectivity index (χ4n) is 7.06. The van der Waals surface area contributed by atoms with Gasteiger partial charge in [0.2, 0.25) is 5.91 Å². The Morgan fingerprint density at radius 3 is 2.09 bits per heavy atom. The van der Waals surface area contributed by atoms with E-state index in [1.54, 1.807) is 11.1 Å². The Bertz CT molecular complexity index is 1930. The van der Waals surface area contributed by atoms with Crippen LogP contribution in [-0.2, 0) is 17.6 Å². The number of rotatable bonds is 6. The number of aromatic nitrogens is 4. The van der Waals surface area contributed by atoms with Crippen LogP contribution in [0.15, 0.2) is 79.1 Å². The third-order valence-electron chi connectivity index (χ3n) is 9.37. The van der Waals surface area contributed by atoms with Crippen molar-refractivity contribution in [2.45, 2.75) is 49.9 Å². The number of β-amino-alcohol motifs (C(OH)–C–C–N with tert-alkyl or cyclic N) is 1. The van der Waals surface area contributed by atoms with Crippen molar-refractivity contribution in [2.75, 3.05) is 11.4 Å². The molecule has 232 valence electrons. The van der Waals surface area contributed by atoms with E-state index in [-0.39, 0.29) is 24.1 Å². The minimum Gasteiger partial charge on any atom is -0.465 e. The Morgan fingerprint density at radius 2 is 1.46 bits per heavy atom. The van der Waals surface area contributed by atoms with Gasteiger partial charge >= 0.3 is 6.09 Å². The van der Waals surface area contributed by atoms with Crippen molar-refractivity contribution in [3.05, 3.63) is 102 Å². The maximum Gasteiger partial charge on any atom is 0.405 e. The first-order chi connectivity index (χ1) is 22.4. The zero-order valence-electron chi connectivity index (χ0n) is 24.9. The molecular weight excluding hydrogens is 582 g/mol. The average molecular weight is 616 g/mol. The zero-order chi connectivity index (χ0) is 31.4. The summed E-state index contributed by atoms with van der Waals surface area (Å²) in [4.78, 5) is 42.9. The highest BCUT2D eigenvalue weighted by Gasteiger charge is 2.42. The number of H-pyrrole nitrogens is 2. The average Bonchev–Trinajstić information content (AvgIpc) is 3.87. The molecule has 3 aliphatic rings. The van der Waals surface area contributed by atoms with Gasteiger partial charge in [-0.1, -0.05) is 66.7 Å². The summed E-state index contributed by atoms with van der Waals surface area (Å²) in [6.07, 6.45) is 4.38. The van der Waals surface area contributed by atoms with Gasteiger partial charge in [-0.2, -0.15) is 0 Å². The highest BCUT2D eigenvalue weighted by molar-refractivity contribution is 6.02. The van der Waals surface area contributed by atoms with Crippen LogP contribution in [0, 0.1) is 0 Å². The number of carbonyl (C=O) groups is 2. The maximum atomic E-state index is 13.7. The van der Waals surface area contributed by atoms with Crippen LogP contribution in [0.1, 0.15) is 47.7 Å². The van der Waals surface area contributed by atoms with Gasteiger partial charge in [0.05, 0.1) is 47.7 Å². The first-order valence-corrected chi connectivity index (χ1v) is 15.6. The molecule has 0 saturated carbocycles. The number of imidazole rings is 2. The van der Waals surface area contributed by atoms with E-state index in [1.165, 1.54) is 0 Å². The van der Waals surface area contributed by atoms with Crippen LogP contribution >= 0.6 is 0 Å². The highest BCUT2D eigenvalue weighted by Crippen LogP contribution is 2.44. The molecule has 6 N–H and O–H groups in total. The van der Waals surface area contributed by atoms with Crippen LogP contribution in [0.3, 0.4) is 0 Å². The fraction of sp³-hybridized carbons (Fsp3) is 0.257. The standard InChI is InChI=1S/C35H33N7O4/c43-25-15-27(36-16-25)32-37-17-28(39-32)21-8-4-19(5-9-21)20-6-10-22(11-7-20)29-18-38-33(40-29)30-14-24-3-1-2-23-12-13-26(41-35(45)46)34(44)42(30)31(23)24/h1-11,17-18,25-27,30,36,41,43H,12-16H2,(H,37,39)(H,38,40)(H,45,46)/t25-,26-,27-,30-/m0/s1. The minimum absolute atomic E-state index is 0.0418. The molecular formula is C35H33N7O4. The molecule has 11 nitrogen and oxygen atoms in total. The number of carbonyl (C=O) groups excluding carboxylic acids is 1. The van der Waals surface area contributed by atoms with Crippen molar-refractivity contribution >= 4 is 17.7 Å². The lowest BCUT2D eigenvalue weighted by Gasteiger charge is -2.27. The summed E-state index contributed by atoms with van der Waals surface area (Å²) in [6, 6.07) is 21.5. The summed E-state index contributed by atoms with van der Waals surface area (Å²) in [5, 5.41) is 24.9. The first kappa shape index (κ1) is 28.2. The SMILES string of the molecule is O=C(O)N[C@H]1CCc2cccc3c2N(C1=O)[C@H](c1ncc(-c2ccc(-c4ccc(-c5cnc([C@@H]6C[C@H](O)CN6)[nH]5)cc4)cc2)[nH]1)C3. The number of nitrogens with zero attached hydrogens (tertiary/aromatic N) is 3. The minimum atomic E-state index is -1.20. The number of benzene rings is 3. The summed E-state index contributed by atoms with van der Waals surface area (Å²) in [5.74, 6) is 1.26. The van der Waals surface area contributed by atoms with Crippen molar-refractivity contribution in [1.29, 1.82) is 0 Å². The second kappa shape index (κ2) is 11.3. The smallest absolute Gasteiger partial charge is 0.405 e. The van der Waals surface area contributed by atoms with Crippen LogP contribution in [0.25, 0.3) is 33.6 Å². The maximum absolute atomic E-state index is 13.7. The van der Waals surface area contributed by atoms with Gasteiger partial charge in [0.15, 0.2) is 0 Å². The van der Waals surface area contributed by atoms with Crippen molar-refractivity contribution in [1.82, 2.24) is 30.6 Å². The van der Waals surface area contributed by atoms with Gasteiger partial charge < -0.3 is 30.8 Å². The predicted molar refractivity (Wildman–Crippen MR) is 172 cm³/mol. The summed E-state index contributed by atoms with van der Waals surface area (Å²) < 4.78 is 0. The topological polar surface area (TPSA) is 159 Å². The largest absolute Gasteiger partial charge is 0.465 e. The van der Waals surface area contributed by atoms with Crippen LogP contribution in [0.4, 0.5) is 10.5 Å². The van der Waals surface area contributed by atoms with E-state index in [4.69, 9.17) is 4.98 Å². The van der Waals surface area contributed by atoms with E-state index in [0.717, 1.165) is 56.3 Å². The van der Waals surface area contributed by atoms with Crippen molar-refractivity contribution in [2.24, 2.45) is 0 Å². The lowest BCUT2D eigenvalue weighted by molar-refractivity contribution is -0.120. The highest BCUT2D eigenvalue weighted by atomic mass is 16.4. The number of aryl methyl sites for hydroxylation is 1. The van der Waals surface area contributed by atoms with Gasteiger partial charge in [-0.3, -0.25) is 9.69 Å². The van der Waals surface area contributed by atoms with E-state index in [2.05, 4.69) is 74.1 Å². The molecule has 0 aliphatic carbocycles. The Labute approximate surface area is 264 Å². The van der Waals surface area contributed by atoms with Gasteiger partial charge in [0, 0.05) is 13.0 Å². The summed E-state index contributed by atoms with van der Waals surface area (Å²) in [6.45, 7) is 0.583. The molecule has 4 atom stereocenters. The normalized spacial score (nSPS) is 22.1. The molecule has 8 rings (SSSR count). The number of carboxylic acid groups (broad SMARTS) is 1. The number of aromatic amines is 2. The Kier molecular flexibility index (Phi) is 6.92. The zero-order valence-corrected chi connectivity index (χ0v) is 24.9. The molecule has 5 aromatic rings. The summed E-state index contributed by atoms with van der Waals surface area (Å²) >= 11 is 0. The second-order valence-corrected chi connectivity index (χ2v) is 12.3. The van der Waals surface area contributed by atoms with E-state index < -0.39 is 12.1 Å². The monoisotopic (exact) mass is 615 g/mol. The molecule has 3 aliphatic heterocycles. The molecule has 0 bridgehead atoms. The van der Waals surface area contributed by atoms with Crippen molar-refractivity contribution in [3.63, 3.8) is 0 Å². The number of aliphatic hydroxyl groups is 1. The number of hydrogen-bond donors (Lipinski definition) is 6. The number of aliphatic hydroxyl groups excluding tert-OH is 1. The van der Waals surface area contributed by atoms with Crippen LogP contribution in [0.2, 0.25) is 0 Å². The fourth-order valence-corrected chi connectivity index (χ4v) is 7.06. The quantitative estimate of drug-likeness (QED) is 0.161. The Hall–Kier alpha value is -5.26. The van der Waals surface area contributed by atoms with Crippen LogP contribution < -0.4 is 15.5 Å². The molecule has 5 heterocycles. The van der Waals surface area contributed by atoms with E-state index >= 15 is 0 Å². The van der Waals surface area contributed by atoms with Crippen LogP contribution in [0.5, 0.6) is 0 Å². The van der Waals surface area contributed by atoms with Gasteiger partial charge in [-0.15, -0.1) is 0 Å². The Balaban J connectivity index is 0.997. The summed E-state index contributed by atoms with van der Waals surface area (Å²) in [5.41, 5.74) is 8.96. The second-order valence-electron chi connectivity index (χ2n) is 12.3. The lowest BCUT2D eigenvalue weighted by atomic mass is 10.0. The van der Waals surface area contributed by atoms with E-state index in [0.29, 0.717) is 38.1 Å². The number of hydrogen-bond acceptors (Lipinski definition) is 6. The first-order valence-electron chi connectivity index (χ1n) is 15.6. The number of amides is 2. The van der Waals surface area contributed by atoms with Crippen LogP contribution in [-0.4, -0.2) is 60.8 Å². The third-order valence-corrected chi connectivity index (χ3v) is 9.37. The molecule has 0 spiro atoms. The molecule has 2 amide bonds. The molecule has 1 fully saturated rings. The molecule has 11 heteroatoms.